The van der Waals surface area contributed by atoms with Crippen LogP contribution in [0.4, 0.5) is 4.79 Å². The Hall–Kier alpha value is -1.56. The van der Waals surface area contributed by atoms with Crippen molar-refractivity contribution in [3.05, 3.63) is 35.9 Å². The monoisotopic (exact) mass is 327 g/mol. The second kappa shape index (κ2) is 8.78. The van der Waals surface area contributed by atoms with Crippen LogP contribution in [0, 0.1) is 5.92 Å². The van der Waals surface area contributed by atoms with E-state index in [1.807, 2.05) is 44.2 Å². The minimum absolute atomic E-state index is 0.0589. The van der Waals surface area contributed by atoms with Gasteiger partial charge in [-0.05, 0) is 24.3 Å². The number of sulfone groups is 1. The third-order valence-electron chi connectivity index (χ3n) is 3.13. The average molecular weight is 327 g/mol. The van der Waals surface area contributed by atoms with Gasteiger partial charge in [0, 0.05) is 12.3 Å². The lowest BCUT2D eigenvalue weighted by Crippen LogP contribution is -2.37. The number of carbonyl (C=O) groups is 1. The molecule has 1 aromatic carbocycles. The predicted octanol–water partition coefficient (Wildman–Crippen LogP) is 2.76. The molecular weight excluding hydrogens is 302 g/mol. The third kappa shape index (κ3) is 8.67. The third-order valence-corrected chi connectivity index (χ3v) is 4.11. The highest BCUT2D eigenvalue weighted by Crippen LogP contribution is 2.10. The predicted molar refractivity (Wildman–Crippen MR) is 87.3 cm³/mol. The molecular formula is C16H25NO4S. The molecule has 0 aliphatic rings. The molecule has 0 unspecified atom stereocenters. The molecule has 0 saturated heterocycles. The number of amides is 1. The van der Waals surface area contributed by atoms with Gasteiger partial charge in [0.2, 0.25) is 0 Å². The molecule has 1 aromatic rings. The van der Waals surface area contributed by atoms with Gasteiger partial charge in [-0.3, -0.25) is 0 Å². The Balaban J connectivity index is 2.47. The summed E-state index contributed by atoms with van der Waals surface area (Å²) in [6, 6.07) is 9.21. The van der Waals surface area contributed by atoms with Crippen LogP contribution in [0.15, 0.2) is 30.3 Å². The number of alkyl carbamates (subject to hydrolysis) is 1. The molecule has 0 bridgehead atoms. The minimum Gasteiger partial charge on any atom is -0.445 e. The first kappa shape index (κ1) is 18.5. The highest BCUT2D eigenvalue weighted by Gasteiger charge is 2.17. The highest BCUT2D eigenvalue weighted by atomic mass is 32.2. The van der Waals surface area contributed by atoms with Crippen molar-refractivity contribution in [1.82, 2.24) is 5.32 Å². The van der Waals surface area contributed by atoms with Gasteiger partial charge in [-0.1, -0.05) is 44.2 Å². The molecule has 1 amide bonds. The fourth-order valence-electron chi connectivity index (χ4n) is 2.11. The van der Waals surface area contributed by atoms with Crippen molar-refractivity contribution in [3.63, 3.8) is 0 Å². The number of hydrogen-bond donors (Lipinski definition) is 1. The van der Waals surface area contributed by atoms with E-state index >= 15 is 0 Å². The van der Waals surface area contributed by atoms with Crippen molar-refractivity contribution in [2.45, 2.75) is 39.3 Å². The fourth-order valence-corrected chi connectivity index (χ4v) is 2.82. The van der Waals surface area contributed by atoms with Gasteiger partial charge >= 0.3 is 6.09 Å². The number of hydrogen-bond acceptors (Lipinski definition) is 4. The van der Waals surface area contributed by atoms with Crippen LogP contribution in [-0.2, 0) is 21.2 Å². The first-order valence-corrected chi connectivity index (χ1v) is 9.47. The Morgan fingerprint density at radius 3 is 2.41 bits per heavy atom. The van der Waals surface area contributed by atoms with Gasteiger partial charge in [0.05, 0.1) is 5.75 Å². The largest absolute Gasteiger partial charge is 0.445 e. The summed E-state index contributed by atoms with van der Waals surface area (Å²) < 4.78 is 27.7. The maximum atomic E-state index is 11.8. The minimum atomic E-state index is -3.04. The van der Waals surface area contributed by atoms with E-state index in [0.29, 0.717) is 12.3 Å². The van der Waals surface area contributed by atoms with E-state index in [2.05, 4.69) is 5.32 Å². The molecule has 0 aliphatic carbocycles. The van der Waals surface area contributed by atoms with Gasteiger partial charge in [-0.25, -0.2) is 13.2 Å². The summed E-state index contributed by atoms with van der Waals surface area (Å²) in [7, 11) is -3.04. The molecule has 1 atom stereocenters. The first-order chi connectivity index (χ1) is 10.3. The molecule has 0 saturated carbocycles. The van der Waals surface area contributed by atoms with Crippen molar-refractivity contribution in [2.24, 2.45) is 5.92 Å². The molecule has 0 aromatic heterocycles. The molecule has 0 spiro atoms. The van der Waals surface area contributed by atoms with Crippen LogP contribution >= 0.6 is 0 Å². The number of ether oxygens (including phenoxy) is 1. The Kier molecular flexibility index (Phi) is 7.38. The van der Waals surface area contributed by atoms with E-state index in [9.17, 15) is 13.2 Å². The van der Waals surface area contributed by atoms with E-state index in [0.717, 1.165) is 12.0 Å². The average Bonchev–Trinajstić information content (AvgIpc) is 2.42. The van der Waals surface area contributed by atoms with Crippen LogP contribution in [0.3, 0.4) is 0 Å². The van der Waals surface area contributed by atoms with Crippen molar-refractivity contribution >= 4 is 15.9 Å². The molecule has 6 heteroatoms. The first-order valence-electron chi connectivity index (χ1n) is 7.41. The highest BCUT2D eigenvalue weighted by molar-refractivity contribution is 7.90. The summed E-state index contributed by atoms with van der Waals surface area (Å²) in [6.07, 6.45) is 1.81. The second-order valence-electron chi connectivity index (χ2n) is 5.95. The molecule has 0 fully saturated rings. The van der Waals surface area contributed by atoms with E-state index in [1.54, 1.807) is 0 Å². The number of carbonyl (C=O) groups excluding carboxylic acids is 1. The van der Waals surface area contributed by atoms with E-state index in [4.69, 9.17) is 4.74 Å². The second-order valence-corrected chi connectivity index (χ2v) is 8.21. The van der Waals surface area contributed by atoms with Gasteiger partial charge in [-0.15, -0.1) is 0 Å². The number of benzene rings is 1. The fraction of sp³-hybridized carbons (Fsp3) is 0.562. The molecule has 124 valence electrons. The summed E-state index contributed by atoms with van der Waals surface area (Å²) in [5.41, 5.74) is 0.911. The lowest BCUT2D eigenvalue weighted by molar-refractivity contribution is 0.134. The summed E-state index contributed by atoms with van der Waals surface area (Å²) in [6.45, 7) is 4.27. The molecule has 1 rings (SSSR count). The zero-order chi connectivity index (χ0) is 16.6. The smallest absolute Gasteiger partial charge is 0.407 e. The number of rotatable bonds is 8. The van der Waals surface area contributed by atoms with Crippen LogP contribution < -0.4 is 5.32 Å². The topological polar surface area (TPSA) is 72.5 Å². The van der Waals surface area contributed by atoms with Crippen LogP contribution in [0.5, 0.6) is 0 Å². The zero-order valence-electron chi connectivity index (χ0n) is 13.4. The van der Waals surface area contributed by atoms with E-state index < -0.39 is 15.9 Å². The Morgan fingerprint density at radius 1 is 1.23 bits per heavy atom. The van der Waals surface area contributed by atoms with Gasteiger partial charge < -0.3 is 10.1 Å². The molecule has 0 radical (unpaired) electrons. The van der Waals surface area contributed by atoms with Crippen LogP contribution in [0.25, 0.3) is 0 Å². The summed E-state index contributed by atoms with van der Waals surface area (Å²) >= 11 is 0. The van der Waals surface area contributed by atoms with Crippen molar-refractivity contribution in [2.75, 3.05) is 12.0 Å². The summed E-state index contributed by atoms with van der Waals surface area (Å²) in [5, 5.41) is 2.77. The van der Waals surface area contributed by atoms with E-state index in [1.165, 1.54) is 6.26 Å². The van der Waals surface area contributed by atoms with Crippen LogP contribution in [0.2, 0.25) is 0 Å². The van der Waals surface area contributed by atoms with E-state index in [-0.39, 0.29) is 18.4 Å². The Bertz CT molecular complexity index is 555. The summed E-state index contributed by atoms with van der Waals surface area (Å²) in [5.74, 6) is 0.419. The quantitative estimate of drug-likeness (QED) is 0.797. The standard InChI is InChI=1S/C16H25NO4S/c1-13(2)11-15(9-10-22(3,19)20)17-16(18)21-12-14-7-5-4-6-8-14/h4-8,13,15H,9-12H2,1-3H3,(H,17,18)/t15-/m1/s1. The van der Waals surface area contributed by atoms with Crippen LogP contribution in [-0.4, -0.2) is 32.6 Å². The van der Waals surface area contributed by atoms with Gasteiger partial charge in [0.15, 0.2) is 0 Å². The van der Waals surface area contributed by atoms with Gasteiger partial charge in [-0.2, -0.15) is 0 Å². The van der Waals surface area contributed by atoms with Gasteiger partial charge in [0.1, 0.15) is 16.4 Å². The van der Waals surface area contributed by atoms with Crippen molar-refractivity contribution in [3.8, 4) is 0 Å². The normalized spacial score (nSPS) is 12.9. The lowest BCUT2D eigenvalue weighted by Gasteiger charge is -2.20. The SMILES string of the molecule is CC(C)C[C@@H](CCS(C)(=O)=O)NC(=O)OCc1ccccc1. The van der Waals surface area contributed by atoms with Crippen LogP contribution in [0.1, 0.15) is 32.3 Å². The Morgan fingerprint density at radius 2 is 1.86 bits per heavy atom. The van der Waals surface area contributed by atoms with Gasteiger partial charge in [0.25, 0.3) is 0 Å². The maximum absolute atomic E-state index is 11.8. The van der Waals surface area contributed by atoms with Crippen molar-refractivity contribution in [1.29, 1.82) is 0 Å². The zero-order valence-corrected chi connectivity index (χ0v) is 14.2. The lowest BCUT2D eigenvalue weighted by atomic mass is 10.0. The Labute approximate surface area is 133 Å². The molecule has 0 heterocycles. The number of nitrogens with one attached hydrogen (secondary N) is 1. The summed E-state index contributed by atoms with van der Waals surface area (Å²) in [4.78, 5) is 11.8. The van der Waals surface area contributed by atoms with Crippen molar-refractivity contribution < 1.29 is 17.9 Å². The molecule has 22 heavy (non-hydrogen) atoms. The molecule has 0 aliphatic heterocycles. The molecule has 5 nitrogen and oxygen atoms in total. The maximum Gasteiger partial charge on any atom is 0.407 e. The molecule has 1 N–H and O–H groups in total.